The van der Waals surface area contributed by atoms with Gasteiger partial charge in [0.25, 0.3) is 0 Å². The summed E-state index contributed by atoms with van der Waals surface area (Å²) in [5.74, 6) is 5.22. The molecule has 0 saturated carbocycles. The van der Waals surface area contributed by atoms with Crippen LogP contribution in [0.15, 0.2) is 28.7 Å². The van der Waals surface area contributed by atoms with Crippen molar-refractivity contribution in [3.05, 3.63) is 34.3 Å². The van der Waals surface area contributed by atoms with E-state index >= 15 is 0 Å². The second kappa shape index (κ2) is 5.34. The lowest BCUT2D eigenvalue weighted by Gasteiger charge is -2.16. The lowest BCUT2D eigenvalue weighted by atomic mass is 10.2. The van der Waals surface area contributed by atoms with Crippen LogP contribution in [-0.2, 0) is 6.54 Å². The first-order chi connectivity index (χ1) is 6.24. The molecular formula is C9H14BrN3. The van der Waals surface area contributed by atoms with Crippen LogP contribution in [0.3, 0.4) is 0 Å². The van der Waals surface area contributed by atoms with E-state index < -0.39 is 0 Å². The molecule has 0 aliphatic heterocycles. The molecule has 13 heavy (non-hydrogen) atoms. The Balaban J connectivity index is 2.58. The summed E-state index contributed by atoms with van der Waals surface area (Å²) in [4.78, 5) is 2.10. The van der Waals surface area contributed by atoms with Gasteiger partial charge < -0.3 is 0 Å². The summed E-state index contributed by atoms with van der Waals surface area (Å²) in [6.45, 7) is 1.56. The van der Waals surface area contributed by atoms with E-state index in [2.05, 4.69) is 32.3 Å². The number of benzene rings is 1. The van der Waals surface area contributed by atoms with Crippen molar-refractivity contribution in [2.24, 2.45) is 5.84 Å². The fraction of sp³-hybridized carbons (Fsp3) is 0.333. The first-order valence-electron chi connectivity index (χ1n) is 4.09. The monoisotopic (exact) mass is 243 g/mol. The van der Waals surface area contributed by atoms with Gasteiger partial charge in [0.2, 0.25) is 0 Å². The van der Waals surface area contributed by atoms with Crippen molar-refractivity contribution in [1.29, 1.82) is 0 Å². The molecule has 3 nitrogen and oxygen atoms in total. The van der Waals surface area contributed by atoms with Crippen LogP contribution in [0.2, 0.25) is 0 Å². The molecule has 1 aromatic carbocycles. The highest BCUT2D eigenvalue weighted by Gasteiger charge is 2.01. The minimum absolute atomic E-state index is 0.682. The van der Waals surface area contributed by atoms with Gasteiger partial charge in [-0.05, 0) is 18.7 Å². The molecule has 0 radical (unpaired) electrons. The Morgan fingerprint density at radius 1 is 1.46 bits per heavy atom. The molecule has 0 bridgehead atoms. The van der Waals surface area contributed by atoms with Gasteiger partial charge in [0.15, 0.2) is 0 Å². The van der Waals surface area contributed by atoms with Gasteiger partial charge in [-0.1, -0.05) is 34.1 Å². The molecule has 0 atom stereocenters. The minimum Gasteiger partial charge on any atom is -0.288 e. The Hall–Kier alpha value is -0.420. The molecule has 4 heteroatoms. The summed E-state index contributed by atoms with van der Waals surface area (Å²) in [6.07, 6.45) is 0. The second-order valence-electron chi connectivity index (χ2n) is 2.97. The number of nitrogens with two attached hydrogens (primary N) is 1. The maximum absolute atomic E-state index is 5.22. The molecule has 0 fully saturated rings. The average Bonchev–Trinajstić information content (AvgIpc) is 2.09. The topological polar surface area (TPSA) is 41.3 Å². The third kappa shape index (κ3) is 3.44. The van der Waals surface area contributed by atoms with E-state index in [1.165, 1.54) is 5.56 Å². The third-order valence-corrected chi connectivity index (χ3v) is 2.53. The molecule has 3 N–H and O–H groups in total. The summed E-state index contributed by atoms with van der Waals surface area (Å²) in [5.41, 5.74) is 3.88. The summed E-state index contributed by atoms with van der Waals surface area (Å²) < 4.78 is 1.14. The number of nitrogens with one attached hydrogen (secondary N) is 1. The molecule has 0 aromatic heterocycles. The molecule has 0 aliphatic carbocycles. The summed E-state index contributed by atoms with van der Waals surface area (Å²) in [5, 5.41) is 0. The molecule has 1 rings (SSSR count). The quantitative estimate of drug-likeness (QED) is 0.476. The van der Waals surface area contributed by atoms with Crippen molar-refractivity contribution in [3.63, 3.8) is 0 Å². The molecule has 0 saturated heterocycles. The van der Waals surface area contributed by atoms with Gasteiger partial charge in [-0.2, -0.15) is 0 Å². The van der Waals surface area contributed by atoms with Gasteiger partial charge in [-0.3, -0.25) is 10.7 Å². The summed E-state index contributed by atoms with van der Waals surface area (Å²) in [7, 11) is 2.01. The maximum atomic E-state index is 5.22. The fourth-order valence-electron chi connectivity index (χ4n) is 1.13. The van der Waals surface area contributed by atoms with E-state index in [-0.39, 0.29) is 0 Å². The Bertz CT molecular complexity index is 265. The number of hydrogen-bond acceptors (Lipinski definition) is 3. The van der Waals surface area contributed by atoms with Gasteiger partial charge >= 0.3 is 0 Å². The van der Waals surface area contributed by atoms with Crippen LogP contribution in [0.25, 0.3) is 0 Å². The van der Waals surface area contributed by atoms with Gasteiger partial charge in [0.1, 0.15) is 0 Å². The first kappa shape index (κ1) is 10.7. The Morgan fingerprint density at radius 3 is 2.77 bits per heavy atom. The second-order valence-corrected chi connectivity index (χ2v) is 3.82. The van der Waals surface area contributed by atoms with E-state index in [4.69, 9.17) is 5.84 Å². The molecule has 1 aromatic rings. The van der Waals surface area contributed by atoms with E-state index in [1.54, 1.807) is 0 Å². The predicted octanol–water partition coefficient (Wildman–Crippen LogP) is 1.30. The molecule has 0 spiro atoms. The van der Waals surface area contributed by atoms with Crippen molar-refractivity contribution < 1.29 is 0 Å². The SMILES string of the molecule is CN(CNN)Cc1ccccc1Br. The Labute approximate surface area is 87.0 Å². The third-order valence-electron chi connectivity index (χ3n) is 1.76. The predicted molar refractivity (Wildman–Crippen MR) is 57.8 cm³/mol. The van der Waals surface area contributed by atoms with Gasteiger partial charge in [0.05, 0.1) is 6.67 Å². The molecule has 72 valence electrons. The van der Waals surface area contributed by atoms with Crippen LogP contribution in [0.4, 0.5) is 0 Å². The smallest absolute Gasteiger partial charge is 0.0612 e. The lowest BCUT2D eigenvalue weighted by molar-refractivity contribution is 0.301. The van der Waals surface area contributed by atoms with Crippen molar-refractivity contribution in [2.75, 3.05) is 13.7 Å². The molecule has 0 aliphatic rings. The first-order valence-corrected chi connectivity index (χ1v) is 4.88. The van der Waals surface area contributed by atoms with Gasteiger partial charge in [-0.15, -0.1) is 0 Å². The highest BCUT2D eigenvalue weighted by molar-refractivity contribution is 9.10. The minimum atomic E-state index is 0.682. The number of halogens is 1. The number of hydrazine groups is 1. The van der Waals surface area contributed by atoms with E-state index in [0.29, 0.717) is 6.67 Å². The zero-order chi connectivity index (χ0) is 9.68. The van der Waals surface area contributed by atoms with Crippen molar-refractivity contribution >= 4 is 15.9 Å². The number of nitrogens with zero attached hydrogens (tertiary/aromatic N) is 1. The standard InChI is InChI=1S/C9H14BrN3/c1-13(7-12-11)6-8-4-2-3-5-9(8)10/h2-5,12H,6-7,11H2,1H3. The zero-order valence-electron chi connectivity index (χ0n) is 7.63. The summed E-state index contributed by atoms with van der Waals surface area (Å²) >= 11 is 3.50. The molecular weight excluding hydrogens is 230 g/mol. The molecule has 0 unspecified atom stereocenters. The molecule has 0 amide bonds. The van der Waals surface area contributed by atoms with Gasteiger partial charge in [-0.25, -0.2) is 5.43 Å². The van der Waals surface area contributed by atoms with Crippen molar-refractivity contribution in [1.82, 2.24) is 10.3 Å². The molecule has 0 heterocycles. The Kier molecular flexibility index (Phi) is 4.38. The van der Waals surface area contributed by atoms with E-state index in [1.807, 2.05) is 25.2 Å². The zero-order valence-corrected chi connectivity index (χ0v) is 9.21. The normalized spacial score (nSPS) is 10.8. The van der Waals surface area contributed by atoms with Crippen molar-refractivity contribution in [3.8, 4) is 0 Å². The average molecular weight is 244 g/mol. The van der Waals surface area contributed by atoms with Crippen LogP contribution < -0.4 is 11.3 Å². The van der Waals surface area contributed by atoms with Crippen LogP contribution >= 0.6 is 15.9 Å². The number of rotatable bonds is 4. The Morgan fingerprint density at radius 2 is 2.15 bits per heavy atom. The van der Waals surface area contributed by atoms with Crippen molar-refractivity contribution in [2.45, 2.75) is 6.54 Å². The lowest BCUT2D eigenvalue weighted by Crippen LogP contribution is -2.35. The largest absolute Gasteiger partial charge is 0.288 e. The highest BCUT2D eigenvalue weighted by atomic mass is 79.9. The summed E-state index contributed by atoms with van der Waals surface area (Å²) in [6, 6.07) is 8.18. The van der Waals surface area contributed by atoms with E-state index in [0.717, 1.165) is 11.0 Å². The number of hydrogen-bond donors (Lipinski definition) is 2. The van der Waals surface area contributed by atoms with Crippen LogP contribution in [0, 0.1) is 0 Å². The highest BCUT2D eigenvalue weighted by Crippen LogP contribution is 2.16. The maximum Gasteiger partial charge on any atom is 0.0612 e. The van der Waals surface area contributed by atoms with Crippen LogP contribution in [-0.4, -0.2) is 18.6 Å². The van der Waals surface area contributed by atoms with Gasteiger partial charge in [0, 0.05) is 11.0 Å². The van der Waals surface area contributed by atoms with E-state index in [9.17, 15) is 0 Å². The van der Waals surface area contributed by atoms with Crippen LogP contribution in [0.5, 0.6) is 0 Å². The van der Waals surface area contributed by atoms with Crippen LogP contribution in [0.1, 0.15) is 5.56 Å². The fourth-order valence-corrected chi connectivity index (χ4v) is 1.54.